The molecular weight excluding hydrogens is 270 g/mol. The van der Waals surface area contributed by atoms with Crippen LogP contribution in [0, 0.1) is 0 Å². The van der Waals surface area contributed by atoms with Crippen LogP contribution in [0.4, 0.5) is 0 Å². The van der Waals surface area contributed by atoms with Gasteiger partial charge in [-0.05, 0) is 14.0 Å². The third kappa shape index (κ3) is 4.13. The van der Waals surface area contributed by atoms with Gasteiger partial charge in [-0.2, -0.15) is 17.0 Å². The number of methoxy groups -OCH3 is 1. The maximum Gasteiger partial charge on any atom is 0.306 e. The first-order chi connectivity index (χ1) is 8.78. The molecule has 1 atom stereocenters. The van der Waals surface area contributed by atoms with Crippen molar-refractivity contribution in [2.45, 2.75) is 19.4 Å². The second-order valence-corrected chi connectivity index (χ2v) is 6.87. The molecule has 0 N–H and O–H groups in total. The summed E-state index contributed by atoms with van der Waals surface area (Å²) in [7, 11) is 1.25. The van der Waals surface area contributed by atoms with Crippen LogP contribution in [0.1, 0.15) is 13.3 Å². The van der Waals surface area contributed by atoms with Gasteiger partial charge in [-0.1, -0.05) is 0 Å². The molecule has 8 heteroatoms. The molecule has 0 amide bonds. The maximum atomic E-state index is 12.4. The predicted octanol–water partition coefficient (Wildman–Crippen LogP) is -0.638. The minimum absolute atomic E-state index is 0.0638. The van der Waals surface area contributed by atoms with E-state index in [0.717, 1.165) is 0 Å². The van der Waals surface area contributed by atoms with Crippen LogP contribution in [0.25, 0.3) is 0 Å². The van der Waals surface area contributed by atoms with Gasteiger partial charge in [0.05, 0.1) is 13.5 Å². The van der Waals surface area contributed by atoms with Crippen LogP contribution in [-0.2, 0) is 19.7 Å². The first-order valence-corrected chi connectivity index (χ1v) is 7.67. The summed E-state index contributed by atoms with van der Waals surface area (Å²) in [5.41, 5.74) is 0. The summed E-state index contributed by atoms with van der Waals surface area (Å²) in [6, 6.07) is -0.0654. The van der Waals surface area contributed by atoms with Crippen LogP contribution in [0.2, 0.25) is 0 Å². The standard InChI is InChI=1S/C11H23N3O4S/c1-10-9-12(2)7-8-14(10)19(16,17)13(3)6-5-11(15)18-4/h10H,5-9H2,1-4H3. The Morgan fingerprint density at radius 3 is 2.58 bits per heavy atom. The molecule has 1 saturated heterocycles. The molecule has 1 rings (SSSR count). The average Bonchev–Trinajstić information content (AvgIpc) is 2.34. The molecule has 19 heavy (non-hydrogen) atoms. The van der Waals surface area contributed by atoms with Crippen LogP contribution < -0.4 is 0 Å². The molecular formula is C11H23N3O4S. The van der Waals surface area contributed by atoms with Crippen LogP contribution in [0.15, 0.2) is 0 Å². The van der Waals surface area contributed by atoms with E-state index in [-0.39, 0.29) is 19.0 Å². The minimum Gasteiger partial charge on any atom is -0.469 e. The number of rotatable bonds is 5. The average molecular weight is 293 g/mol. The quantitative estimate of drug-likeness (QED) is 0.631. The molecule has 112 valence electrons. The van der Waals surface area contributed by atoms with Gasteiger partial charge >= 0.3 is 5.97 Å². The Bertz CT molecular complexity index is 412. The lowest BCUT2D eigenvalue weighted by Gasteiger charge is -2.38. The van der Waals surface area contributed by atoms with Crippen molar-refractivity contribution in [3.63, 3.8) is 0 Å². The highest BCUT2D eigenvalue weighted by atomic mass is 32.2. The summed E-state index contributed by atoms with van der Waals surface area (Å²) in [5.74, 6) is -0.409. The third-order valence-corrected chi connectivity index (χ3v) is 5.42. The summed E-state index contributed by atoms with van der Waals surface area (Å²) in [4.78, 5) is 13.2. The molecule has 1 fully saturated rings. The van der Waals surface area contributed by atoms with Gasteiger partial charge < -0.3 is 9.64 Å². The molecule has 0 aromatic carbocycles. The van der Waals surface area contributed by atoms with Crippen molar-refractivity contribution in [2.24, 2.45) is 0 Å². The van der Waals surface area contributed by atoms with E-state index in [9.17, 15) is 13.2 Å². The molecule has 1 aliphatic heterocycles. The van der Waals surface area contributed by atoms with Gasteiger partial charge in [-0.25, -0.2) is 0 Å². The third-order valence-electron chi connectivity index (χ3n) is 3.32. The first-order valence-electron chi connectivity index (χ1n) is 6.27. The van der Waals surface area contributed by atoms with Crippen molar-refractivity contribution in [1.82, 2.24) is 13.5 Å². The van der Waals surface area contributed by atoms with Gasteiger partial charge in [0.1, 0.15) is 0 Å². The molecule has 0 aliphatic carbocycles. The van der Waals surface area contributed by atoms with E-state index in [2.05, 4.69) is 9.64 Å². The van der Waals surface area contributed by atoms with Crippen LogP contribution in [0.3, 0.4) is 0 Å². The second kappa shape index (κ2) is 6.65. The fourth-order valence-electron chi connectivity index (χ4n) is 2.11. The Morgan fingerprint density at radius 2 is 2.05 bits per heavy atom. The van der Waals surface area contributed by atoms with Crippen molar-refractivity contribution in [3.8, 4) is 0 Å². The molecule has 0 aromatic rings. The Labute approximate surface area is 115 Å². The monoisotopic (exact) mass is 293 g/mol. The fourth-order valence-corrected chi connectivity index (χ4v) is 3.62. The number of hydrogen-bond donors (Lipinski definition) is 0. The van der Waals surface area contributed by atoms with Crippen LogP contribution >= 0.6 is 0 Å². The Hall–Kier alpha value is -0.700. The summed E-state index contributed by atoms with van der Waals surface area (Å²) in [6.07, 6.45) is 0.0638. The van der Waals surface area contributed by atoms with Crippen molar-refractivity contribution in [1.29, 1.82) is 0 Å². The Kier molecular flexibility index (Phi) is 5.72. The van der Waals surface area contributed by atoms with E-state index in [1.54, 1.807) is 0 Å². The lowest BCUT2D eigenvalue weighted by atomic mass is 10.2. The summed E-state index contributed by atoms with van der Waals surface area (Å²) < 4.78 is 32.0. The molecule has 7 nitrogen and oxygen atoms in total. The maximum absolute atomic E-state index is 12.4. The van der Waals surface area contributed by atoms with E-state index >= 15 is 0 Å². The zero-order valence-corrected chi connectivity index (χ0v) is 12.8. The van der Waals surface area contributed by atoms with Crippen molar-refractivity contribution < 1.29 is 17.9 Å². The largest absolute Gasteiger partial charge is 0.469 e. The normalized spacial score (nSPS) is 22.7. The lowest BCUT2D eigenvalue weighted by molar-refractivity contribution is -0.140. The first kappa shape index (κ1) is 16.4. The molecule has 1 heterocycles. The number of nitrogens with zero attached hydrogens (tertiary/aromatic N) is 3. The number of hydrogen-bond acceptors (Lipinski definition) is 5. The van der Waals surface area contributed by atoms with E-state index in [0.29, 0.717) is 19.6 Å². The number of carbonyl (C=O) groups excluding carboxylic acids is 1. The zero-order valence-electron chi connectivity index (χ0n) is 12.0. The Morgan fingerprint density at radius 1 is 1.42 bits per heavy atom. The molecule has 1 unspecified atom stereocenters. The molecule has 0 radical (unpaired) electrons. The highest BCUT2D eigenvalue weighted by molar-refractivity contribution is 7.86. The van der Waals surface area contributed by atoms with Gasteiger partial charge in [0.25, 0.3) is 10.2 Å². The van der Waals surface area contributed by atoms with E-state index in [1.807, 2.05) is 14.0 Å². The van der Waals surface area contributed by atoms with Gasteiger partial charge in [-0.15, -0.1) is 0 Å². The number of carbonyl (C=O) groups is 1. The van der Waals surface area contributed by atoms with Crippen molar-refractivity contribution >= 4 is 16.2 Å². The molecule has 1 aliphatic rings. The number of piperazine rings is 1. The van der Waals surface area contributed by atoms with Gasteiger partial charge in [0, 0.05) is 39.3 Å². The van der Waals surface area contributed by atoms with Crippen molar-refractivity contribution in [3.05, 3.63) is 0 Å². The summed E-state index contributed by atoms with van der Waals surface area (Å²) >= 11 is 0. The molecule has 0 spiro atoms. The number of ether oxygens (including phenoxy) is 1. The van der Waals surface area contributed by atoms with Crippen LogP contribution in [0.5, 0.6) is 0 Å². The summed E-state index contributed by atoms with van der Waals surface area (Å²) in [5, 5.41) is 0. The molecule has 0 bridgehead atoms. The predicted molar refractivity (Wildman–Crippen MR) is 71.8 cm³/mol. The van der Waals surface area contributed by atoms with E-state index in [4.69, 9.17) is 0 Å². The number of likely N-dealkylation sites (N-methyl/N-ethyl adjacent to an activating group) is 1. The van der Waals surface area contributed by atoms with Gasteiger partial charge in [0.2, 0.25) is 0 Å². The van der Waals surface area contributed by atoms with Gasteiger partial charge in [0.15, 0.2) is 0 Å². The smallest absolute Gasteiger partial charge is 0.306 e. The summed E-state index contributed by atoms with van der Waals surface area (Å²) in [6.45, 7) is 3.93. The molecule has 0 aromatic heterocycles. The number of esters is 1. The van der Waals surface area contributed by atoms with Crippen molar-refractivity contribution in [2.75, 3.05) is 47.4 Å². The lowest BCUT2D eigenvalue weighted by Crippen LogP contribution is -2.56. The highest BCUT2D eigenvalue weighted by Gasteiger charge is 2.34. The Balaban J connectivity index is 2.66. The minimum atomic E-state index is -3.51. The topological polar surface area (TPSA) is 70.2 Å². The van der Waals surface area contributed by atoms with E-state index < -0.39 is 16.2 Å². The zero-order chi connectivity index (χ0) is 14.6. The fraction of sp³-hybridized carbons (Fsp3) is 0.909. The SMILES string of the molecule is COC(=O)CCN(C)S(=O)(=O)N1CCN(C)CC1C. The van der Waals surface area contributed by atoms with Gasteiger partial charge in [-0.3, -0.25) is 4.79 Å². The van der Waals surface area contributed by atoms with E-state index in [1.165, 1.54) is 22.8 Å². The van der Waals surface area contributed by atoms with Crippen LogP contribution in [-0.4, -0.2) is 81.3 Å². The molecule has 0 saturated carbocycles. The highest BCUT2D eigenvalue weighted by Crippen LogP contribution is 2.15. The second-order valence-electron chi connectivity index (χ2n) is 4.88.